The Hall–Kier alpha value is -1.36. The van der Waals surface area contributed by atoms with Gasteiger partial charge in [-0.25, -0.2) is 4.98 Å². The van der Waals surface area contributed by atoms with Gasteiger partial charge in [0, 0.05) is 30.9 Å². The van der Waals surface area contributed by atoms with Crippen molar-refractivity contribution in [2.45, 2.75) is 32.3 Å². The molecule has 0 aliphatic carbocycles. The molecule has 1 aromatic rings. The summed E-state index contributed by atoms with van der Waals surface area (Å²) in [5, 5.41) is 3.23. The van der Waals surface area contributed by atoms with Crippen molar-refractivity contribution in [3.05, 3.63) is 18.2 Å². The topological polar surface area (TPSA) is 67.0 Å². The van der Waals surface area contributed by atoms with E-state index in [2.05, 4.69) is 15.3 Å². The second kappa shape index (κ2) is 4.49. The number of esters is 1. The Kier molecular flexibility index (Phi) is 3.19. The van der Waals surface area contributed by atoms with Crippen LogP contribution in [0.3, 0.4) is 0 Å². The van der Waals surface area contributed by atoms with Crippen molar-refractivity contribution in [3.63, 3.8) is 0 Å². The van der Waals surface area contributed by atoms with Crippen LogP contribution >= 0.6 is 0 Å². The summed E-state index contributed by atoms with van der Waals surface area (Å²) in [6, 6.07) is 0. The molecule has 1 fully saturated rings. The maximum Gasteiger partial charge on any atom is 0.311 e. The first-order chi connectivity index (χ1) is 7.97. The monoisotopic (exact) mass is 237 g/mol. The van der Waals surface area contributed by atoms with Gasteiger partial charge in [-0.15, -0.1) is 0 Å². The molecular formula is C12H19N3O2. The van der Waals surface area contributed by atoms with Crippen LogP contribution in [0.4, 0.5) is 0 Å². The number of carbonyl (C=O) groups excluding carboxylic acids is 1. The highest BCUT2D eigenvalue weighted by molar-refractivity contribution is 5.75. The number of carbonyl (C=O) groups is 1. The fraction of sp³-hybridized carbons (Fsp3) is 0.667. The van der Waals surface area contributed by atoms with E-state index in [4.69, 9.17) is 4.74 Å². The molecule has 0 bridgehead atoms. The van der Waals surface area contributed by atoms with Crippen LogP contribution < -0.4 is 5.32 Å². The zero-order valence-electron chi connectivity index (χ0n) is 10.5. The molecule has 2 rings (SSSR count). The third-order valence-electron chi connectivity index (χ3n) is 2.84. The van der Waals surface area contributed by atoms with E-state index in [0.29, 0.717) is 6.54 Å². The summed E-state index contributed by atoms with van der Waals surface area (Å²) in [6.45, 7) is 7.11. The van der Waals surface area contributed by atoms with Gasteiger partial charge in [-0.2, -0.15) is 0 Å². The highest BCUT2D eigenvalue weighted by Gasteiger charge is 2.37. The van der Waals surface area contributed by atoms with Crippen LogP contribution in [0, 0.1) is 5.92 Å². The van der Waals surface area contributed by atoms with E-state index in [9.17, 15) is 4.79 Å². The molecular weight excluding hydrogens is 218 g/mol. The zero-order chi connectivity index (χ0) is 12.5. The number of aromatic amines is 1. The van der Waals surface area contributed by atoms with Crippen LogP contribution in [0.25, 0.3) is 0 Å². The third-order valence-corrected chi connectivity index (χ3v) is 2.84. The maximum atomic E-state index is 12.1. The number of nitrogens with one attached hydrogen (secondary N) is 2. The van der Waals surface area contributed by atoms with Crippen molar-refractivity contribution in [1.29, 1.82) is 0 Å². The first-order valence-electron chi connectivity index (χ1n) is 5.89. The van der Waals surface area contributed by atoms with Gasteiger partial charge >= 0.3 is 5.97 Å². The summed E-state index contributed by atoms with van der Waals surface area (Å²) in [5.41, 5.74) is 0.559. The molecule has 0 aromatic carbocycles. The van der Waals surface area contributed by atoms with Crippen LogP contribution in [0.2, 0.25) is 0 Å². The number of hydrogen-bond donors (Lipinski definition) is 2. The molecule has 94 valence electrons. The minimum Gasteiger partial charge on any atom is -0.460 e. The number of nitrogens with zero attached hydrogens (tertiary/aromatic N) is 1. The molecule has 1 aliphatic rings. The summed E-state index contributed by atoms with van der Waals surface area (Å²) >= 11 is 0. The SMILES string of the molecule is CC(C)(C)OC(=O)C1CNCC1c1cnc[nH]1. The van der Waals surface area contributed by atoms with Gasteiger partial charge in [0.2, 0.25) is 0 Å². The van der Waals surface area contributed by atoms with Crippen molar-refractivity contribution in [2.24, 2.45) is 5.92 Å². The molecule has 1 saturated heterocycles. The molecule has 2 N–H and O–H groups in total. The molecule has 5 nitrogen and oxygen atoms in total. The minimum atomic E-state index is -0.432. The highest BCUT2D eigenvalue weighted by atomic mass is 16.6. The van der Waals surface area contributed by atoms with Gasteiger partial charge in [-0.3, -0.25) is 4.79 Å². The van der Waals surface area contributed by atoms with Crippen molar-refractivity contribution < 1.29 is 9.53 Å². The molecule has 2 atom stereocenters. The van der Waals surface area contributed by atoms with Crippen molar-refractivity contribution in [1.82, 2.24) is 15.3 Å². The molecule has 1 aliphatic heterocycles. The highest BCUT2D eigenvalue weighted by Crippen LogP contribution is 2.28. The number of imidazole rings is 1. The predicted octanol–water partition coefficient (Wildman–Crippen LogP) is 1.05. The van der Waals surface area contributed by atoms with E-state index in [1.54, 1.807) is 12.5 Å². The van der Waals surface area contributed by atoms with Crippen LogP contribution in [-0.2, 0) is 9.53 Å². The van der Waals surface area contributed by atoms with Gasteiger partial charge in [0.15, 0.2) is 0 Å². The molecule has 0 radical (unpaired) electrons. The first-order valence-corrected chi connectivity index (χ1v) is 5.89. The van der Waals surface area contributed by atoms with E-state index in [1.165, 1.54) is 0 Å². The first kappa shape index (κ1) is 12.1. The number of ether oxygens (including phenoxy) is 1. The number of aromatic nitrogens is 2. The van der Waals surface area contributed by atoms with E-state index in [1.807, 2.05) is 20.8 Å². The van der Waals surface area contributed by atoms with Gasteiger partial charge in [0.25, 0.3) is 0 Å². The Morgan fingerprint density at radius 3 is 2.82 bits per heavy atom. The molecule has 5 heteroatoms. The lowest BCUT2D eigenvalue weighted by atomic mass is 9.93. The standard InChI is InChI=1S/C12H19N3O2/c1-12(2,3)17-11(16)9-5-13-4-8(9)10-6-14-7-15-10/h6-9,13H,4-5H2,1-3H3,(H,14,15). The Labute approximate surface area is 101 Å². The molecule has 1 aromatic heterocycles. The minimum absolute atomic E-state index is 0.130. The Morgan fingerprint density at radius 1 is 1.47 bits per heavy atom. The second-order valence-electron chi connectivity index (χ2n) is 5.41. The third kappa shape index (κ3) is 2.85. The molecule has 0 amide bonds. The van der Waals surface area contributed by atoms with Crippen molar-refractivity contribution in [2.75, 3.05) is 13.1 Å². The van der Waals surface area contributed by atoms with Crippen LogP contribution in [0.15, 0.2) is 12.5 Å². The summed E-state index contributed by atoms with van der Waals surface area (Å²) in [5.74, 6) is -0.135. The zero-order valence-corrected chi connectivity index (χ0v) is 10.5. The molecule has 17 heavy (non-hydrogen) atoms. The fourth-order valence-corrected chi connectivity index (χ4v) is 2.10. The average Bonchev–Trinajstić information content (AvgIpc) is 2.85. The molecule has 0 saturated carbocycles. The van der Waals surface area contributed by atoms with E-state index in [-0.39, 0.29) is 17.8 Å². The lowest BCUT2D eigenvalue weighted by Gasteiger charge is -2.24. The van der Waals surface area contributed by atoms with Gasteiger partial charge < -0.3 is 15.0 Å². The van der Waals surface area contributed by atoms with Gasteiger partial charge in [-0.1, -0.05) is 0 Å². The number of hydrogen-bond acceptors (Lipinski definition) is 4. The Balaban J connectivity index is 2.07. The lowest BCUT2D eigenvalue weighted by molar-refractivity contribution is -0.159. The van der Waals surface area contributed by atoms with Crippen LogP contribution in [-0.4, -0.2) is 34.6 Å². The fourth-order valence-electron chi connectivity index (χ4n) is 2.10. The average molecular weight is 237 g/mol. The largest absolute Gasteiger partial charge is 0.460 e. The summed E-state index contributed by atoms with van der Waals surface area (Å²) in [6.07, 6.45) is 3.41. The lowest BCUT2D eigenvalue weighted by Crippen LogP contribution is -2.31. The molecule has 0 spiro atoms. The maximum absolute atomic E-state index is 12.1. The summed E-state index contributed by atoms with van der Waals surface area (Å²) in [4.78, 5) is 19.1. The van der Waals surface area contributed by atoms with E-state index < -0.39 is 5.60 Å². The molecule has 2 heterocycles. The van der Waals surface area contributed by atoms with Crippen molar-refractivity contribution >= 4 is 5.97 Å². The predicted molar refractivity (Wildman–Crippen MR) is 63.5 cm³/mol. The second-order valence-corrected chi connectivity index (χ2v) is 5.41. The normalized spacial score (nSPS) is 24.9. The summed E-state index contributed by atoms with van der Waals surface area (Å²) in [7, 11) is 0. The number of H-pyrrole nitrogens is 1. The smallest absolute Gasteiger partial charge is 0.311 e. The van der Waals surface area contributed by atoms with Crippen molar-refractivity contribution in [3.8, 4) is 0 Å². The van der Waals surface area contributed by atoms with Crippen LogP contribution in [0.1, 0.15) is 32.4 Å². The Bertz CT molecular complexity index is 381. The van der Waals surface area contributed by atoms with Gasteiger partial charge in [0.1, 0.15) is 5.60 Å². The van der Waals surface area contributed by atoms with E-state index >= 15 is 0 Å². The number of rotatable bonds is 2. The quantitative estimate of drug-likeness (QED) is 0.755. The summed E-state index contributed by atoms with van der Waals surface area (Å²) < 4.78 is 5.44. The Morgan fingerprint density at radius 2 is 2.24 bits per heavy atom. The van der Waals surface area contributed by atoms with E-state index in [0.717, 1.165) is 12.2 Å². The molecule has 2 unspecified atom stereocenters. The van der Waals surface area contributed by atoms with Crippen LogP contribution in [0.5, 0.6) is 0 Å². The van der Waals surface area contributed by atoms with Gasteiger partial charge in [-0.05, 0) is 20.8 Å². The van der Waals surface area contributed by atoms with Gasteiger partial charge in [0.05, 0.1) is 12.2 Å².